The lowest BCUT2D eigenvalue weighted by Crippen LogP contribution is -2.05. The summed E-state index contributed by atoms with van der Waals surface area (Å²) in [6.45, 7) is 9.05. The molecule has 1 heterocycles. The predicted molar refractivity (Wildman–Crippen MR) is 135 cm³/mol. The Kier molecular flexibility index (Phi) is 6.30. The molecule has 0 amide bonds. The van der Waals surface area contributed by atoms with E-state index >= 15 is 0 Å². The van der Waals surface area contributed by atoms with Gasteiger partial charge in [-0.25, -0.2) is 0 Å². The van der Waals surface area contributed by atoms with E-state index in [-0.39, 0.29) is 0 Å². The zero-order valence-electron chi connectivity index (χ0n) is 17.9. The molecule has 0 fully saturated rings. The van der Waals surface area contributed by atoms with Crippen molar-refractivity contribution >= 4 is 39.1 Å². The van der Waals surface area contributed by atoms with Gasteiger partial charge >= 0.3 is 0 Å². The Morgan fingerprint density at radius 3 is 2.00 bits per heavy atom. The molecule has 2 nitrogen and oxygen atoms in total. The van der Waals surface area contributed by atoms with E-state index in [1.165, 1.54) is 22.3 Å². The number of hydrogen-bond donors (Lipinski definition) is 0. The lowest BCUT2D eigenvalue weighted by atomic mass is 10.0. The van der Waals surface area contributed by atoms with Gasteiger partial charge in [-0.15, -0.1) is 0 Å². The van der Waals surface area contributed by atoms with Crippen LogP contribution < -0.4 is 0 Å². The van der Waals surface area contributed by atoms with E-state index in [0.29, 0.717) is 16.6 Å². The fourth-order valence-electron chi connectivity index (χ4n) is 3.60. The van der Waals surface area contributed by atoms with Crippen molar-refractivity contribution in [2.75, 3.05) is 0 Å². The number of nitrogens with zero attached hydrogens (tertiary/aromatic N) is 2. The van der Waals surface area contributed by atoms with E-state index in [1.807, 2.05) is 16.8 Å². The molecule has 0 radical (unpaired) electrons. The maximum absolute atomic E-state index is 6.49. The monoisotopic (exact) mass is 512 g/mol. The van der Waals surface area contributed by atoms with Crippen molar-refractivity contribution in [3.63, 3.8) is 0 Å². The van der Waals surface area contributed by atoms with E-state index in [2.05, 4.69) is 80.0 Å². The van der Waals surface area contributed by atoms with Crippen LogP contribution >= 0.6 is 39.1 Å². The molecule has 4 aromatic rings. The van der Waals surface area contributed by atoms with Gasteiger partial charge in [-0.1, -0.05) is 53.5 Å². The van der Waals surface area contributed by atoms with E-state index in [0.717, 1.165) is 32.6 Å². The molecular weight excluding hydrogens is 491 g/mol. The van der Waals surface area contributed by atoms with Crippen LogP contribution in [0.2, 0.25) is 10.0 Å². The summed E-state index contributed by atoms with van der Waals surface area (Å²) in [7, 11) is 0. The van der Waals surface area contributed by atoms with Crippen LogP contribution in [0.5, 0.6) is 0 Å². The number of benzene rings is 3. The van der Waals surface area contributed by atoms with E-state index in [1.54, 1.807) is 6.07 Å². The fourth-order valence-corrected chi connectivity index (χ4v) is 4.81. The van der Waals surface area contributed by atoms with Gasteiger partial charge in [0.2, 0.25) is 0 Å². The van der Waals surface area contributed by atoms with Crippen LogP contribution in [-0.4, -0.2) is 9.78 Å². The topological polar surface area (TPSA) is 17.8 Å². The molecule has 0 aliphatic heterocycles. The molecule has 0 aliphatic rings. The van der Waals surface area contributed by atoms with E-state index < -0.39 is 0 Å². The standard InChI is InChI=1S/C26H23BrCl2N2/c1-15-5-7-19(11-17(15)3)25-24(27)26(20-8-6-16(2)18(4)12-20)31(30-25)14-21-9-10-22(28)13-23(21)29/h5-13H,14H2,1-4H3. The fraction of sp³-hybridized carbons (Fsp3) is 0.192. The van der Waals surface area contributed by atoms with Crippen molar-refractivity contribution in [2.45, 2.75) is 34.2 Å². The number of aromatic nitrogens is 2. The Labute approximate surface area is 202 Å². The smallest absolute Gasteiger partial charge is 0.107 e. The lowest BCUT2D eigenvalue weighted by Gasteiger charge is -2.11. The number of hydrogen-bond acceptors (Lipinski definition) is 1. The second kappa shape index (κ2) is 8.82. The van der Waals surface area contributed by atoms with Crippen LogP contribution in [0.1, 0.15) is 27.8 Å². The lowest BCUT2D eigenvalue weighted by molar-refractivity contribution is 0.697. The Morgan fingerprint density at radius 1 is 0.774 bits per heavy atom. The molecule has 0 atom stereocenters. The van der Waals surface area contributed by atoms with Gasteiger partial charge in [-0.3, -0.25) is 4.68 Å². The average molecular weight is 514 g/mol. The van der Waals surface area contributed by atoms with E-state index in [4.69, 9.17) is 28.3 Å². The summed E-state index contributed by atoms with van der Waals surface area (Å²) in [4.78, 5) is 0. The minimum absolute atomic E-state index is 0.543. The summed E-state index contributed by atoms with van der Waals surface area (Å²) in [5.74, 6) is 0. The molecule has 0 spiro atoms. The molecule has 31 heavy (non-hydrogen) atoms. The Hall–Kier alpha value is -2.07. The highest BCUT2D eigenvalue weighted by atomic mass is 79.9. The van der Waals surface area contributed by atoms with Crippen LogP contribution in [0.3, 0.4) is 0 Å². The molecule has 0 bridgehead atoms. The third kappa shape index (κ3) is 4.45. The average Bonchev–Trinajstić information content (AvgIpc) is 3.04. The molecule has 3 aromatic carbocycles. The normalized spacial score (nSPS) is 11.2. The van der Waals surface area contributed by atoms with Crippen molar-refractivity contribution in [3.8, 4) is 22.5 Å². The molecule has 0 aliphatic carbocycles. The first kappa shape index (κ1) is 22.1. The first-order valence-electron chi connectivity index (χ1n) is 10.1. The zero-order valence-corrected chi connectivity index (χ0v) is 21.0. The molecule has 0 saturated carbocycles. The summed E-state index contributed by atoms with van der Waals surface area (Å²) in [5.41, 5.74) is 10.1. The third-order valence-electron chi connectivity index (χ3n) is 5.79. The summed E-state index contributed by atoms with van der Waals surface area (Å²) in [6.07, 6.45) is 0. The molecule has 158 valence electrons. The largest absolute Gasteiger partial charge is 0.259 e. The minimum Gasteiger partial charge on any atom is -0.259 e. The maximum Gasteiger partial charge on any atom is 0.107 e. The van der Waals surface area contributed by atoms with Crippen LogP contribution in [0.25, 0.3) is 22.5 Å². The second-order valence-corrected chi connectivity index (χ2v) is 9.64. The summed E-state index contributed by atoms with van der Waals surface area (Å²) in [5, 5.41) is 6.28. The molecule has 0 unspecified atom stereocenters. The first-order chi connectivity index (χ1) is 14.7. The van der Waals surface area contributed by atoms with Gasteiger partial charge in [-0.2, -0.15) is 5.10 Å². The van der Waals surface area contributed by atoms with Gasteiger partial charge in [0.1, 0.15) is 5.69 Å². The minimum atomic E-state index is 0.543. The summed E-state index contributed by atoms with van der Waals surface area (Å²) < 4.78 is 3.00. The number of aryl methyl sites for hydroxylation is 4. The van der Waals surface area contributed by atoms with Crippen LogP contribution in [-0.2, 0) is 6.54 Å². The Balaban J connectivity index is 1.90. The quantitative estimate of drug-likeness (QED) is 0.267. The van der Waals surface area contributed by atoms with Gasteiger partial charge in [0, 0.05) is 21.2 Å². The third-order valence-corrected chi connectivity index (χ3v) is 7.13. The van der Waals surface area contributed by atoms with Crippen LogP contribution in [0.4, 0.5) is 0 Å². The Morgan fingerprint density at radius 2 is 1.39 bits per heavy atom. The van der Waals surface area contributed by atoms with Crippen LogP contribution in [0.15, 0.2) is 59.1 Å². The number of rotatable bonds is 4. The molecular formula is C26H23BrCl2N2. The summed E-state index contributed by atoms with van der Waals surface area (Å²) >= 11 is 16.5. The molecule has 4 rings (SSSR count). The number of halogens is 3. The molecule has 1 aromatic heterocycles. The highest BCUT2D eigenvalue weighted by Crippen LogP contribution is 2.38. The highest BCUT2D eigenvalue weighted by Gasteiger charge is 2.20. The van der Waals surface area contributed by atoms with E-state index in [9.17, 15) is 0 Å². The maximum atomic E-state index is 6.49. The van der Waals surface area contributed by atoms with Crippen molar-refractivity contribution in [2.24, 2.45) is 0 Å². The second-order valence-electron chi connectivity index (χ2n) is 8.00. The van der Waals surface area contributed by atoms with Gasteiger partial charge < -0.3 is 0 Å². The predicted octanol–water partition coefficient (Wildman–Crippen LogP) is 8.57. The van der Waals surface area contributed by atoms with Crippen molar-refractivity contribution < 1.29 is 0 Å². The van der Waals surface area contributed by atoms with Crippen LogP contribution in [0, 0.1) is 27.7 Å². The van der Waals surface area contributed by atoms with Crippen molar-refractivity contribution in [1.29, 1.82) is 0 Å². The van der Waals surface area contributed by atoms with Gasteiger partial charge in [0.15, 0.2) is 0 Å². The Bertz CT molecular complexity index is 1290. The molecule has 0 saturated heterocycles. The molecule has 5 heteroatoms. The van der Waals surface area contributed by atoms with Crippen molar-refractivity contribution in [3.05, 3.63) is 96.9 Å². The van der Waals surface area contributed by atoms with Gasteiger partial charge in [0.05, 0.1) is 16.7 Å². The van der Waals surface area contributed by atoms with Gasteiger partial charge in [-0.05, 0) is 95.7 Å². The van der Waals surface area contributed by atoms with Crippen molar-refractivity contribution in [1.82, 2.24) is 9.78 Å². The highest BCUT2D eigenvalue weighted by molar-refractivity contribution is 9.10. The summed E-state index contributed by atoms with van der Waals surface area (Å²) in [6, 6.07) is 18.6. The van der Waals surface area contributed by atoms with Gasteiger partial charge in [0.25, 0.3) is 0 Å². The first-order valence-corrected chi connectivity index (χ1v) is 11.6. The SMILES string of the molecule is Cc1ccc(-c2nn(Cc3ccc(Cl)cc3Cl)c(-c3ccc(C)c(C)c3)c2Br)cc1C. The zero-order chi connectivity index (χ0) is 22.3. The molecule has 0 N–H and O–H groups in total.